The lowest BCUT2D eigenvalue weighted by molar-refractivity contribution is 0.0918. The molecule has 0 saturated carbocycles. The highest BCUT2D eigenvalue weighted by atomic mass is 35.5. The van der Waals surface area contributed by atoms with Crippen LogP contribution in [0.3, 0.4) is 0 Å². The highest BCUT2D eigenvalue weighted by Gasteiger charge is 2.18. The molecule has 1 aromatic heterocycles. The maximum absolute atomic E-state index is 11.7. The summed E-state index contributed by atoms with van der Waals surface area (Å²) in [6.07, 6.45) is 0. The van der Waals surface area contributed by atoms with Crippen LogP contribution in [0.2, 0.25) is 5.02 Å². The number of hydrogen-bond acceptors (Lipinski definition) is 3. The Morgan fingerprint density at radius 3 is 2.94 bits per heavy atom. The summed E-state index contributed by atoms with van der Waals surface area (Å²) in [5.41, 5.74) is 1.26. The third kappa shape index (κ3) is 2.14. The van der Waals surface area contributed by atoms with E-state index >= 15 is 0 Å². The number of furan rings is 1. The Morgan fingerprint density at radius 2 is 2.29 bits per heavy atom. The molecule has 0 aliphatic rings. The lowest BCUT2D eigenvalue weighted by Crippen LogP contribution is -2.26. The summed E-state index contributed by atoms with van der Waals surface area (Å²) in [6, 6.07) is 5.37. The summed E-state index contributed by atoms with van der Waals surface area (Å²) >= 11 is 5.99. The van der Waals surface area contributed by atoms with Gasteiger partial charge < -0.3 is 14.8 Å². The summed E-state index contributed by atoms with van der Waals surface area (Å²) in [5.74, 6) is -0.106. The molecule has 90 valence electrons. The molecule has 17 heavy (non-hydrogen) atoms. The van der Waals surface area contributed by atoms with Crippen molar-refractivity contribution in [2.24, 2.45) is 0 Å². The van der Waals surface area contributed by atoms with Crippen molar-refractivity contribution in [1.29, 1.82) is 0 Å². The van der Waals surface area contributed by atoms with Crippen molar-refractivity contribution in [3.63, 3.8) is 0 Å². The third-order valence-electron chi connectivity index (χ3n) is 2.52. The van der Waals surface area contributed by atoms with E-state index in [9.17, 15) is 4.79 Å². The second-order valence-corrected chi connectivity index (χ2v) is 4.06. The summed E-state index contributed by atoms with van der Waals surface area (Å²) in [7, 11) is 0. The Kier molecular flexibility index (Phi) is 3.36. The van der Waals surface area contributed by atoms with Crippen LogP contribution >= 0.6 is 11.6 Å². The summed E-state index contributed by atoms with van der Waals surface area (Å²) in [5, 5.41) is 12.5. The molecule has 5 heteroatoms. The molecule has 2 N–H and O–H groups in total. The lowest BCUT2D eigenvalue weighted by Gasteiger charge is -2.00. The molecule has 0 unspecified atom stereocenters. The van der Waals surface area contributed by atoms with E-state index < -0.39 is 0 Å². The monoisotopic (exact) mass is 253 g/mol. The normalized spacial score (nSPS) is 10.8. The number of rotatable bonds is 3. The summed E-state index contributed by atoms with van der Waals surface area (Å²) in [6.45, 7) is 1.89. The standard InChI is InChI=1S/C12H12ClNO3/c1-7-8-3-2-4-9(13)11(8)17-10(7)12(16)14-5-6-15/h2-4,15H,5-6H2,1H3,(H,14,16). The number of fused-ring (bicyclic) bond motifs is 1. The summed E-state index contributed by atoms with van der Waals surface area (Å²) in [4.78, 5) is 11.7. The van der Waals surface area contributed by atoms with Gasteiger partial charge in [0.1, 0.15) is 0 Å². The average molecular weight is 254 g/mol. The highest BCUT2D eigenvalue weighted by Crippen LogP contribution is 2.30. The number of carbonyl (C=O) groups excluding carboxylic acids is 1. The van der Waals surface area contributed by atoms with Gasteiger partial charge in [0.25, 0.3) is 5.91 Å². The van der Waals surface area contributed by atoms with Crippen LogP contribution in [0.25, 0.3) is 11.0 Å². The molecule has 0 aliphatic heterocycles. The van der Waals surface area contributed by atoms with E-state index in [4.69, 9.17) is 21.1 Å². The molecule has 2 rings (SSSR count). The average Bonchev–Trinajstić information content (AvgIpc) is 2.66. The summed E-state index contributed by atoms with van der Waals surface area (Å²) < 4.78 is 5.46. The fourth-order valence-corrected chi connectivity index (χ4v) is 1.89. The van der Waals surface area contributed by atoms with Gasteiger partial charge in [0.05, 0.1) is 11.6 Å². The third-order valence-corrected chi connectivity index (χ3v) is 2.82. The highest BCUT2D eigenvalue weighted by molar-refractivity contribution is 6.35. The first-order valence-electron chi connectivity index (χ1n) is 5.22. The minimum absolute atomic E-state index is 0.105. The van der Waals surface area contributed by atoms with E-state index in [0.29, 0.717) is 10.6 Å². The van der Waals surface area contributed by atoms with Crippen LogP contribution in [0.4, 0.5) is 0 Å². The smallest absolute Gasteiger partial charge is 0.287 e. The van der Waals surface area contributed by atoms with Crippen molar-refractivity contribution < 1.29 is 14.3 Å². The zero-order valence-corrected chi connectivity index (χ0v) is 10.0. The number of carbonyl (C=O) groups is 1. The van der Waals surface area contributed by atoms with E-state index in [-0.39, 0.29) is 24.8 Å². The van der Waals surface area contributed by atoms with Gasteiger partial charge in [-0.1, -0.05) is 23.7 Å². The fraction of sp³-hybridized carbons (Fsp3) is 0.250. The first kappa shape index (κ1) is 12.0. The van der Waals surface area contributed by atoms with Crippen molar-refractivity contribution in [3.05, 3.63) is 34.5 Å². The number of aliphatic hydroxyl groups excluding tert-OH is 1. The number of halogens is 1. The number of aliphatic hydroxyl groups is 1. The van der Waals surface area contributed by atoms with E-state index in [2.05, 4.69) is 5.32 Å². The number of para-hydroxylation sites is 1. The number of nitrogens with one attached hydrogen (secondary N) is 1. The minimum atomic E-state index is -0.344. The topological polar surface area (TPSA) is 62.5 Å². The van der Waals surface area contributed by atoms with Crippen molar-refractivity contribution in [2.45, 2.75) is 6.92 Å². The molecule has 0 radical (unpaired) electrons. The minimum Gasteiger partial charge on any atom is -0.449 e. The van der Waals surface area contributed by atoms with Gasteiger partial charge in [0, 0.05) is 17.5 Å². The predicted molar refractivity (Wildman–Crippen MR) is 65.4 cm³/mol. The quantitative estimate of drug-likeness (QED) is 0.881. The van der Waals surface area contributed by atoms with Gasteiger partial charge in [-0.25, -0.2) is 0 Å². The van der Waals surface area contributed by atoms with Gasteiger partial charge in [0.2, 0.25) is 0 Å². The van der Waals surface area contributed by atoms with Crippen LogP contribution in [-0.2, 0) is 0 Å². The Labute approximate surface area is 103 Å². The SMILES string of the molecule is Cc1c(C(=O)NCCO)oc2c(Cl)cccc12. The van der Waals surface area contributed by atoms with Crippen LogP contribution in [-0.4, -0.2) is 24.2 Å². The molecule has 0 spiro atoms. The van der Waals surface area contributed by atoms with Crippen LogP contribution in [0, 0.1) is 6.92 Å². The van der Waals surface area contributed by atoms with Gasteiger partial charge in [0.15, 0.2) is 11.3 Å². The first-order valence-corrected chi connectivity index (χ1v) is 5.59. The van der Waals surface area contributed by atoms with Gasteiger partial charge in [-0.2, -0.15) is 0 Å². The molecular formula is C12H12ClNO3. The molecule has 1 aromatic carbocycles. The van der Waals surface area contributed by atoms with Crippen LogP contribution in [0.1, 0.15) is 16.1 Å². The Balaban J connectivity index is 2.45. The predicted octanol–water partition coefficient (Wildman–Crippen LogP) is 2.12. The number of hydrogen-bond donors (Lipinski definition) is 2. The van der Waals surface area contributed by atoms with Crippen LogP contribution in [0.15, 0.2) is 22.6 Å². The van der Waals surface area contributed by atoms with E-state index in [1.165, 1.54) is 0 Å². The fourth-order valence-electron chi connectivity index (χ4n) is 1.68. The zero-order chi connectivity index (χ0) is 12.4. The van der Waals surface area contributed by atoms with Crippen molar-refractivity contribution in [2.75, 3.05) is 13.2 Å². The van der Waals surface area contributed by atoms with Gasteiger partial charge in [-0.05, 0) is 13.0 Å². The zero-order valence-electron chi connectivity index (χ0n) is 9.29. The number of amides is 1. The van der Waals surface area contributed by atoms with E-state index in [1.54, 1.807) is 13.0 Å². The largest absolute Gasteiger partial charge is 0.449 e. The molecular weight excluding hydrogens is 242 g/mol. The van der Waals surface area contributed by atoms with E-state index in [0.717, 1.165) is 10.9 Å². The van der Waals surface area contributed by atoms with Crippen molar-refractivity contribution in [1.82, 2.24) is 5.32 Å². The van der Waals surface area contributed by atoms with E-state index in [1.807, 2.05) is 12.1 Å². The van der Waals surface area contributed by atoms with Gasteiger partial charge in [-0.15, -0.1) is 0 Å². The molecule has 0 aliphatic carbocycles. The Bertz CT molecular complexity index is 562. The molecule has 0 saturated heterocycles. The molecule has 4 nitrogen and oxygen atoms in total. The van der Waals surface area contributed by atoms with Crippen LogP contribution in [0.5, 0.6) is 0 Å². The lowest BCUT2D eigenvalue weighted by atomic mass is 10.1. The molecule has 0 bridgehead atoms. The van der Waals surface area contributed by atoms with Crippen molar-refractivity contribution in [3.8, 4) is 0 Å². The number of aryl methyl sites for hydroxylation is 1. The Morgan fingerprint density at radius 1 is 1.53 bits per heavy atom. The van der Waals surface area contributed by atoms with Gasteiger partial charge >= 0.3 is 0 Å². The second-order valence-electron chi connectivity index (χ2n) is 3.65. The maximum Gasteiger partial charge on any atom is 0.287 e. The molecule has 1 amide bonds. The van der Waals surface area contributed by atoms with Crippen molar-refractivity contribution >= 4 is 28.5 Å². The van der Waals surface area contributed by atoms with Gasteiger partial charge in [-0.3, -0.25) is 4.79 Å². The first-order chi connectivity index (χ1) is 8.15. The van der Waals surface area contributed by atoms with Crippen LogP contribution < -0.4 is 5.32 Å². The second kappa shape index (κ2) is 4.77. The Hall–Kier alpha value is -1.52. The molecule has 0 fully saturated rings. The maximum atomic E-state index is 11.7. The number of benzene rings is 1. The molecule has 0 atom stereocenters. The molecule has 1 heterocycles. The molecule has 2 aromatic rings.